The van der Waals surface area contributed by atoms with Gasteiger partial charge in [-0.3, -0.25) is 14.7 Å². The van der Waals surface area contributed by atoms with Crippen LogP contribution < -0.4 is 0 Å². The zero-order valence-electron chi connectivity index (χ0n) is 22.4. The number of sulfonamides is 1. The summed E-state index contributed by atoms with van der Waals surface area (Å²) in [4.78, 5) is 17.9. The molecule has 1 aromatic heterocycles. The molecule has 2 aliphatic rings. The van der Waals surface area contributed by atoms with Gasteiger partial charge in [-0.1, -0.05) is 0 Å². The van der Waals surface area contributed by atoms with E-state index in [1.54, 1.807) is 0 Å². The van der Waals surface area contributed by atoms with Crippen LogP contribution in [0.4, 0.5) is 35.1 Å². The zero-order valence-corrected chi connectivity index (χ0v) is 23.2. The van der Waals surface area contributed by atoms with Crippen LogP contribution in [0.5, 0.6) is 0 Å². The van der Waals surface area contributed by atoms with Gasteiger partial charge in [-0.25, -0.2) is 21.6 Å². The molecular formula is C27H29F8N3O3S. The predicted molar refractivity (Wildman–Crippen MR) is 135 cm³/mol. The second kappa shape index (κ2) is 12.2. The van der Waals surface area contributed by atoms with E-state index in [-0.39, 0.29) is 55.1 Å². The van der Waals surface area contributed by atoms with Gasteiger partial charge in [-0.2, -0.15) is 26.3 Å². The minimum atomic E-state index is -5.65. The van der Waals surface area contributed by atoms with Crippen molar-refractivity contribution in [3.63, 3.8) is 0 Å². The molecule has 0 saturated carbocycles. The number of rotatable bonds is 9. The fourth-order valence-electron chi connectivity index (χ4n) is 5.44. The van der Waals surface area contributed by atoms with E-state index in [4.69, 9.17) is 0 Å². The van der Waals surface area contributed by atoms with Crippen molar-refractivity contribution in [2.75, 3.05) is 19.6 Å². The third kappa shape index (κ3) is 6.77. The Balaban J connectivity index is 1.42. The summed E-state index contributed by atoms with van der Waals surface area (Å²) in [5.74, 6) is -7.24. The number of hydrogen-bond donors (Lipinski definition) is 0. The highest BCUT2D eigenvalue weighted by atomic mass is 32.2. The molecule has 0 radical (unpaired) electrons. The molecule has 0 N–H and O–H groups in total. The number of aromatic nitrogens is 1. The molecule has 1 aromatic carbocycles. The highest BCUT2D eigenvalue weighted by molar-refractivity contribution is 7.89. The number of piperidine rings is 1. The number of alkyl halides is 6. The summed E-state index contributed by atoms with van der Waals surface area (Å²) in [6, 6.07) is 2.78. The van der Waals surface area contributed by atoms with Crippen molar-refractivity contribution >= 4 is 15.8 Å². The van der Waals surface area contributed by atoms with Crippen LogP contribution in [0, 0.1) is 11.6 Å². The van der Waals surface area contributed by atoms with Crippen LogP contribution in [0.25, 0.3) is 0 Å². The number of halogens is 8. The maximum Gasteiger partial charge on any atom is 0.454 e. The minimum absolute atomic E-state index is 0.0498. The highest BCUT2D eigenvalue weighted by Gasteiger charge is 2.58. The van der Waals surface area contributed by atoms with Gasteiger partial charge in [0, 0.05) is 24.5 Å². The number of carbonyl (C=O) groups is 1. The Hall–Kier alpha value is -2.65. The van der Waals surface area contributed by atoms with E-state index in [0.717, 1.165) is 39.7 Å². The number of pyridine rings is 1. The molecule has 0 bridgehead atoms. The Morgan fingerprint density at radius 3 is 2.26 bits per heavy atom. The number of aryl methyl sites for hydroxylation is 1. The van der Waals surface area contributed by atoms with Gasteiger partial charge in [0.2, 0.25) is 10.0 Å². The molecule has 232 valence electrons. The van der Waals surface area contributed by atoms with E-state index in [2.05, 4.69) is 4.98 Å². The van der Waals surface area contributed by atoms with Crippen molar-refractivity contribution in [2.45, 2.75) is 80.2 Å². The van der Waals surface area contributed by atoms with Crippen molar-refractivity contribution in [1.82, 2.24) is 14.2 Å². The van der Waals surface area contributed by atoms with Crippen molar-refractivity contribution in [2.24, 2.45) is 0 Å². The number of ketones is 1. The quantitative estimate of drug-likeness (QED) is 0.347. The number of carbonyl (C=O) groups excluding carboxylic acids is 1. The molecule has 0 unspecified atom stereocenters. The van der Waals surface area contributed by atoms with Crippen molar-refractivity contribution in [1.29, 1.82) is 0 Å². The summed E-state index contributed by atoms with van der Waals surface area (Å²) in [6.07, 6.45) is -6.83. The molecule has 3 atom stereocenters. The smallest absolute Gasteiger partial charge is 0.298 e. The summed E-state index contributed by atoms with van der Waals surface area (Å²) in [7, 11) is -4.36. The van der Waals surface area contributed by atoms with E-state index >= 15 is 0 Å². The lowest BCUT2D eigenvalue weighted by Gasteiger charge is -2.34. The largest absolute Gasteiger partial charge is 0.454 e. The second-order valence-corrected chi connectivity index (χ2v) is 12.6. The van der Waals surface area contributed by atoms with Gasteiger partial charge < -0.3 is 0 Å². The monoisotopic (exact) mass is 627 g/mol. The maximum atomic E-state index is 14.7. The fraction of sp³-hybridized carbons (Fsp3) is 0.556. The van der Waals surface area contributed by atoms with E-state index in [9.17, 15) is 48.3 Å². The number of benzene rings is 1. The van der Waals surface area contributed by atoms with Gasteiger partial charge >= 0.3 is 12.1 Å². The Bertz CT molecular complexity index is 1380. The molecule has 2 fully saturated rings. The lowest BCUT2D eigenvalue weighted by molar-refractivity contribution is -0.287. The summed E-state index contributed by atoms with van der Waals surface area (Å²) in [5, 5.41) is 0. The number of nitrogens with zero attached hydrogens (tertiary/aromatic N) is 3. The Labute approximate surface area is 237 Å². The topological polar surface area (TPSA) is 70.6 Å². The third-order valence-corrected chi connectivity index (χ3v) is 9.89. The summed E-state index contributed by atoms with van der Waals surface area (Å²) in [6.45, 7) is -0.234. The Kier molecular flexibility index (Phi) is 9.34. The molecule has 0 spiro atoms. The van der Waals surface area contributed by atoms with E-state index in [1.165, 1.54) is 13.0 Å². The van der Waals surface area contributed by atoms with Gasteiger partial charge in [0.1, 0.15) is 17.8 Å². The van der Waals surface area contributed by atoms with Gasteiger partial charge in [0.25, 0.3) is 0 Å². The van der Waals surface area contributed by atoms with E-state index in [1.807, 2.05) is 0 Å². The van der Waals surface area contributed by atoms with E-state index in [0.29, 0.717) is 5.69 Å². The molecule has 2 saturated heterocycles. The number of hydrogen-bond acceptors (Lipinski definition) is 5. The molecule has 15 heteroatoms. The van der Waals surface area contributed by atoms with Gasteiger partial charge in [0.05, 0.1) is 29.7 Å². The van der Waals surface area contributed by atoms with Crippen LogP contribution in [0.1, 0.15) is 49.8 Å². The van der Waals surface area contributed by atoms with Gasteiger partial charge in [-0.05, 0) is 75.2 Å². The predicted octanol–water partition coefficient (Wildman–Crippen LogP) is 5.43. The Morgan fingerprint density at radius 1 is 1.05 bits per heavy atom. The molecule has 0 aliphatic carbocycles. The molecule has 4 rings (SSSR count). The SMILES string of the molecule is C[C@H]1[C@H](F)C[C@@H](C(=O)CCc2cc(C3CCN(CC(F)(F)C(F)(F)F)CC3)ncc2F)N1S(=O)(=O)c1ccc(F)cc1. The normalized spacial score (nSPS) is 23.4. The standard InChI is InChI=1S/C27H29F8N3O3S/c1-16-21(29)13-24(38(16)42(40,41)20-5-3-19(28)4-6-20)25(39)7-2-18-12-23(36-14-22(18)30)17-8-10-37(11-9-17)15-26(31,32)27(33,34)35/h3-6,12,14,16-17,21,24H,2,7-11,13,15H2,1H3/t16-,21+,24-/m0/s1. The number of likely N-dealkylation sites (tertiary alicyclic amines) is 1. The summed E-state index contributed by atoms with van der Waals surface area (Å²) in [5.41, 5.74) is 0.468. The average Bonchev–Trinajstić information content (AvgIpc) is 3.22. The first kappa shape index (κ1) is 32.3. The molecule has 0 amide bonds. The van der Waals surface area contributed by atoms with Crippen LogP contribution in [-0.2, 0) is 21.2 Å². The lowest BCUT2D eigenvalue weighted by atomic mass is 9.91. The van der Waals surface area contributed by atoms with Crippen LogP contribution in [0.2, 0.25) is 0 Å². The van der Waals surface area contributed by atoms with Crippen LogP contribution in [0.15, 0.2) is 41.4 Å². The zero-order chi connectivity index (χ0) is 31.0. The van der Waals surface area contributed by atoms with Gasteiger partial charge in [-0.15, -0.1) is 0 Å². The first-order chi connectivity index (χ1) is 19.5. The average molecular weight is 628 g/mol. The second-order valence-electron chi connectivity index (χ2n) is 10.7. The summed E-state index contributed by atoms with van der Waals surface area (Å²) >= 11 is 0. The van der Waals surface area contributed by atoms with Crippen molar-refractivity contribution in [3.8, 4) is 0 Å². The number of Topliss-reactive ketones (excluding diaryl/α,β-unsaturated/α-hetero) is 1. The Morgan fingerprint density at radius 2 is 1.67 bits per heavy atom. The van der Waals surface area contributed by atoms with Crippen molar-refractivity contribution in [3.05, 3.63) is 59.4 Å². The third-order valence-electron chi connectivity index (χ3n) is 7.88. The minimum Gasteiger partial charge on any atom is -0.298 e. The molecule has 42 heavy (non-hydrogen) atoms. The lowest BCUT2D eigenvalue weighted by Crippen LogP contribution is -2.48. The first-order valence-electron chi connectivity index (χ1n) is 13.3. The van der Waals surface area contributed by atoms with Crippen molar-refractivity contribution < 1.29 is 48.3 Å². The molecule has 2 aromatic rings. The molecule has 6 nitrogen and oxygen atoms in total. The highest BCUT2D eigenvalue weighted by Crippen LogP contribution is 2.38. The fourth-order valence-corrected chi connectivity index (χ4v) is 7.27. The van der Waals surface area contributed by atoms with Crippen LogP contribution >= 0.6 is 0 Å². The maximum absolute atomic E-state index is 14.7. The summed E-state index contributed by atoms with van der Waals surface area (Å²) < 4.78 is 134. The van der Waals surface area contributed by atoms with Gasteiger partial charge in [0.15, 0.2) is 5.78 Å². The van der Waals surface area contributed by atoms with Crippen LogP contribution in [0.3, 0.4) is 0 Å². The molecule has 2 aliphatic heterocycles. The van der Waals surface area contributed by atoms with E-state index < -0.39 is 70.8 Å². The molecule has 3 heterocycles. The molecular weight excluding hydrogens is 598 g/mol. The van der Waals surface area contributed by atoms with Crippen LogP contribution in [-0.4, -0.2) is 78.4 Å². The first-order valence-corrected chi connectivity index (χ1v) is 14.7.